The molecule has 0 aliphatic heterocycles. The Balaban J connectivity index is 2.21. The number of carboxylic acids is 1. The topological polar surface area (TPSA) is 197 Å². The maximum atomic E-state index is 13.5. The highest BCUT2D eigenvalue weighted by molar-refractivity contribution is 5.94. The molecule has 0 saturated heterocycles. The van der Waals surface area contributed by atoms with Gasteiger partial charge in [0.15, 0.2) is 0 Å². The number of carboxylic acid groups (broad SMARTS) is 1. The van der Waals surface area contributed by atoms with E-state index in [2.05, 4.69) is 16.0 Å². The van der Waals surface area contributed by atoms with E-state index in [1.807, 2.05) is 44.2 Å². The summed E-state index contributed by atoms with van der Waals surface area (Å²) in [6.07, 6.45) is 1.95. The molecule has 0 radical (unpaired) electrons. The van der Waals surface area contributed by atoms with E-state index < -0.39 is 47.9 Å². The summed E-state index contributed by atoms with van der Waals surface area (Å²) in [6, 6.07) is 11.3. The number of carbonyl (C=O) groups is 4. The minimum absolute atomic E-state index is 0.0259. The van der Waals surface area contributed by atoms with Crippen LogP contribution in [0.15, 0.2) is 54.6 Å². The average molecular weight is 570 g/mol. The van der Waals surface area contributed by atoms with Gasteiger partial charge in [0, 0.05) is 6.42 Å². The Hall–Kier alpha value is -3.96. The number of aromatic hydroxyl groups is 1. The van der Waals surface area contributed by atoms with Crippen LogP contribution in [0.3, 0.4) is 0 Å². The molecule has 0 saturated carbocycles. The Labute approximate surface area is 241 Å². The molecule has 224 valence electrons. The molecule has 11 heteroatoms. The number of hydrogen-bond acceptors (Lipinski definition) is 7. The number of phenolic OH excluding ortho intramolecular Hbond substituents is 1. The summed E-state index contributed by atoms with van der Waals surface area (Å²) in [5, 5.41) is 27.1. The van der Waals surface area contributed by atoms with E-state index in [0.717, 1.165) is 11.1 Å². The molecule has 2 rings (SSSR count). The van der Waals surface area contributed by atoms with E-state index in [0.29, 0.717) is 19.4 Å². The largest absolute Gasteiger partial charge is 0.508 e. The molecule has 3 amide bonds. The normalized spacial score (nSPS) is 14.0. The highest BCUT2D eigenvalue weighted by Crippen LogP contribution is 2.12. The van der Waals surface area contributed by atoms with Crippen molar-refractivity contribution in [3.8, 4) is 5.75 Å². The number of rotatable bonds is 17. The lowest BCUT2D eigenvalue weighted by atomic mass is 10.0. The molecule has 41 heavy (non-hydrogen) atoms. The second-order valence-electron chi connectivity index (χ2n) is 10.6. The van der Waals surface area contributed by atoms with Crippen molar-refractivity contribution in [2.45, 2.75) is 76.5 Å². The molecule has 2 aromatic rings. The number of hydrogen-bond donors (Lipinski definition) is 7. The monoisotopic (exact) mass is 569 g/mol. The fraction of sp³-hybridized carbons (Fsp3) is 0.467. The number of nitrogens with one attached hydrogen (secondary N) is 3. The maximum absolute atomic E-state index is 13.5. The Bertz CT molecular complexity index is 1130. The first-order chi connectivity index (χ1) is 19.5. The second-order valence-corrected chi connectivity index (χ2v) is 10.6. The molecule has 0 bridgehead atoms. The van der Waals surface area contributed by atoms with Crippen molar-refractivity contribution >= 4 is 23.7 Å². The van der Waals surface area contributed by atoms with Crippen LogP contribution in [-0.4, -0.2) is 64.6 Å². The molecular formula is C30H43N5O6. The van der Waals surface area contributed by atoms with Gasteiger partial charge in [-0.25, -0.2) is 4.79 Å². The first-order valence-corrected chi connectivity index (χ1v) is 13.9. The molecule has 4 atom stereocenters. The molecule has 0 fully saturated rings. The van der Waals surface area contributed by atoms with Crippen molar-refractivity contribution in [3.63, 3.8) is 0 Å². The summed E-state index contributed by atoms with van der Waals surface area (Å²) in [7, 11) is 0. The van der Waals surface area contributed by atoms with Crippen LogP contribution in [0, 0.1) is 5.92 Å². The molecule has 0 aromatic heterocycles. The van der Waals surface area contributed by atoms with Gasteiger partial charge in [0.25, 0.3) is 0 Å². The van der Waals surface area contributed by atoms with Crippen molar-refractivity contribution < 1.29 is 29.4 Å². The van der Waals surface area contributed by atoms with Gasteiger partial charge in [-0.15, -0.1) is 0 Å². The zero-order valence-electron chi connectivity index (χ0n) is 23.7. The molecule has 0 heterocycles. The molecule has 0 aliphatic rings. The fourth-order valence-electron chi connectivity index (χ4n) is 4.32. The first kappa shape index (κ1) is 33.2. The zero-order valence-corrected chi connectivity index (χ0v) is 23.7. The highest BCUT2D eigenvalue weighted by atomic mass is 16.4. The number of nitrogens with two attached hydrogens (primary N) is 2. The van der Waals surface area contributed by atoms with Crippen molar-refractivity contribution in [3.05, 3.63) is 65.7 Å². The van der Waals surface area contributed by atoms with Gasteiger partial charge in [-0.1, -0.05) is 56.3 Å². The van der Waals surface area contributed by atoms with E-state index in [1.54, 1.807) is 12.1 Å². The quantitative estimate of drug-likeness (QED) is 0.138. The Morgan fingerprint density at radius 1 is 0.756 bits per heavy atom. The van der Waals surface area contributed by atoms with Crippen LogP contribution in [0.4, 0.5) is 0 Å². The summed E-state index contributed by atoms with van der Waals surface area (Å²) in [5.41, 5.74) is 13.3. The fourth-order valence-corrected chi connectivity index (χ4v) is 4.32. The summed E-state index contributed by atoms with van der Waals surface area (Å²) in [5.74, 6) is -2.80. The van der Waals surface area contributed by atoms with Crippen LogP contribution < -0.4 is 27.4 Å². The van der Waals surface area contributed by atoms with Crippen LogP contribution in [0.2, 0.25) is 0 Å². The number of phenols is 1. The third kappa shape index (κ3) is 12.0. The molecule has 11 nitrogen and oxygen atoms in total. The van der Waals surface area contributed by atoms with Crippen LogP contribution in [0.5, 0.6) is 5.75 Å². The van der Waals surface area contributed by atoms with E-state index in [9.17, 15) is 29.4 Å². The van der Waals surface area contributed by atoms with Gasteiger partial charge in [-0.05, 0) is 67.8 Å². The van der Waals surface area contributed by atoms with Gasteiger partial charge in [-0.3, -0.25) is 14.4 Å². The van der Waals surface area contributed by atoms with Crippen molar-refractivity contribution in [2.75, 3.05) is 6.54 Å². The number of aliphatic carboxylic acids is 1. The van der Waals surface area contributed by atoms with E-state index in [4.69, 9.17) is 11.5 Å². The molecule has 9 N–H and O–H groups in total. The smallest absolute Gasteiger partial charge is 0.326 e. The summed E-state index contributed by atoms with van der Waals surface area (Å²) >= 11 is 0. The Morgan fingerprint density at radius 2 is 1.32 bits per heavy atom. The summed E-state index contributed by atoms with van der Waals surface area (Å²) in [6.45, 7) is 4.11. The first-order valence-electron chi connectivity index (χ1n) is 13.9. The van der Waals surface area contributed by atoms with Crippen LogP contribution in [0.25, 0.3) is 0 Å². The molecule has 4 unspecified atom stereocenters. The van der Waals surface area contributed by atoms with Crippen LogP contribution in [0.1, 0.15) is 50.7 Å². The number of benzene rings is 2. The molecule has 2 aromatic carbocycles. The van der Waals surface area contributed by atoms with E-state index in [-0.39, 0.29) is 37.4 Å². The summed E-state index contributed by atoms with van der Waals surface area (Å²) in [4.78, 5) is 51.5. The number of carbonyl (C=O) groups excluding carboxylic acids is 3. The molecular weight excluding hydrogens is 526 g/mol. The molecule has 0 spiro atoms. The van der Waals surface area contributed by atoms with Gasteiger partial charge in [-0.2, -0.15) is 0 Å². The predicted molar refractivity (Wildman–Crippen MR) is 156 cm³/mol. The third-order valence-electron chi connectivity index (χ3n) is 6.55. The van der Waals surface area contributed by atoms with Gasteiger partial charge >= 0.3 is 5.97 Å². The highest BCUT2D eigenvalue weighted by Gasteiger charge is 2.30. The van der Waals surface area contributed by atoms with Crippen LogP contribution in [-0.2, 0) is 32.0 Å². The number of unbranched alkanes of at least 4 members (excludes halogenated alkanes) is 1. The van der Waals surface area contributed by atoms with E-state index in [1.165, 1.54) is 12.1 Å². The maximum Gasteiger partial charge on any atom is 0.326 e. The van der Waals surface area contributed by atoms with Crippen molar-refractivity contribution in [1.82, 2.24) is 16.0 Å². The average Bonchev–Trinajstić information content (AvgIpc) is 2.93. The minimum atomic E-state index is -1.16. The Morgan fingerprint density at radius 3 is 1.90 bits per heavy atom. The standard InChI is InChI=1S/C30H43N5O6/c1-19(2)16-26(30(40)41)35-28(38)24(10-6-7-15-31)33-29(39)25(18-20-8-4-3-5-9-20)34-27(37)23(32)17-21-11-13-22(36)14-12-21/h3-5,8-9,11-14,19,23-26,36H,6-7,10,15-18,31-32H2,1-2H3,(H,33,39)(H,34,37)(H,35,38)(H,40,41). The molecule has 0 aliphatic carbocycles. The van der Waals surface area contributed by atoms with Crippen LogP contribution >= 0.6 is 0 Å². The van der Waals surface area contributed by atoms with Gasteiger partial charge in [0.2, 0.25) is 17.7 Å². The predicted octanol–water partition coefficient (Wildman–Crippen LogP) is 1.22. The Kier molecular flexibility index (Phi) is 13.8. The zero-order chi connectivity index (χ0) is 30.4. The second kappa shape index (κ2) is 17.0. The van der Waals surface area contributed by atoms with Gasteiger partial charge in [0.05, 0.1) is 6.04 Å². The van der Waals surface area contributed by atoms with Gasteiger partial charge in [0.1, 0.15) is 23.9 Å². The van der Waals surface area contributed by atoms with Crippen molar-refractivity contribution in [2.24, 2.45) is 17.4 Å². The van der Waals surface area contributed by atoms with Crippen molar-refractivity contribution in [1.29, 1.82) is 0 Å². The lowest BCUT2D eigenvalue weighted by Gasteiger charge is -2.26. The lowest BCUT2D eigenvalue weighted by Crippen LogP contribution is -2.57. The van der Waals surface area contributed by atoms with E-state index >= 15 is 0 Å². The number of amides is 3. The lowest BCUT2D eigenvalue weighted by molar-refractivity contribution is -0.142. The third-order valence-corrected chi connectivity index (χ3v) is 6.55. The van der Waals surface area contributed by atoms with Gasteiger partial charge < -0.3 is 37.6 Å². The summed E-state index contributed by atoms with van der Waals surface area (Å²) < 4.78 is 0. The SMILES string of the molecule is CC(C)CC(NC(=O)C(CCCCN)NC(=O)C(Cc1ccccc1)NC(=O)C(N)Cc1ccc(O)cc1)C(=O)O. The minimum Gasteiger partial charge on any atom is -0.508 e.